The number of rotatable bonds is 6. The van der Waals surface area contributed by atoms with Crippen LogP contribution in [-0.2, 0) is 0 Å². The quantitative estimate of drug-likeness (QED) is 0.669. The minimum Gasteiger partial charge on any atom is -0.320 e. The molecule has 0 saturated heterocycles. The van der Waals surface area contributed by atoms with Gasteiger partial charge < -0.3 is 10.2 Å². The maximum atomic E-state index is 3.14. The Morgan fingerprint density at radius 3 is 1.86 bits per heavy atom. The molecule has 0 aromatic heterocycles. The highest BCUT2D eigenvalue weighted by molar-refractivity contribution is 4.49. The van der Waals surface area contributed by atoms with E-state index < -0.39 is 0 Å². The fourth-order valence-electron chi connectivity index (χ4n) is 0.842. The van der Waals surface area contributed by atoms with E-state index in [1.165, 1.54) is 25.9 Å². The average Bonchev–Trinajstić information content (AvgIpc) is 2.29. The van der Waals surface area contributed by atoms with Crippen molar-refractivity contribution in [2.45, 2.75) is 47.5 Å². The zero-order valence-electron chi connectivity index (χ0n) is 11.5. The predicted octanol–water partition coefficient (Wildman–Crippen LogP) is 2.99. The van der Waals surface area contributed by atoms with Gasteiger partial charge in [-0.05, 0) is 46.6 Å². The van der Waals surface area contributed by atoms with Gasteiger partial charge in [-0.25, -0.2) is 0 Å². The van der Waals surface area contributed by atoms with Gasteiger partial charge in [-0.1, -0.05) is 34.6 Å². The molecule has 0 aliphatic rings. The van der Waals surface area contributed by atoms with Crippen LogP contribution >= 0.6 is 0 Å². The minimum absolute atomic E-state index is 1.15. The Balaban J connectivity index is -0.000000266. The molecule has 0 atom stereocenters. The third-order valence-corrected chi connectivity index (χ3v) is 1.76. The Morgan fingerprint density at radius 2 is 1.50 bits per heavy atom. The molecule has 0 aliphatic heterocycles. The zero-order chi connectivity index (χ0) is 11.8. The highest BCUT2D eigenvalue weighted by atomic mass is 15.1. The standard InChI is InChI=1S/C8H20N2.2C2H6/c1-4-10(3)8-6-5-7-9-2;2*1-2/h9H,4-8H2,1-3H3;2*1-2H3. The summed E-state index contributed by atoms with van der Waals surface area (Å²) in [5.41, 5.74) is 0. The Hall–Kier alpha value is -0.0800. The van der Waals surface area contributed by atoms with Gasteiger partial charge in [0.15, 0.2) is 0 Å². The van der Waals surface area contributed by atoms with Crippen molar-refractivity contribution in [2.24, 2.45) is 0 Å². The number of unbranched alkanes of at least 4 members (excludes halogenated alkanes) is 1. The van der Waals surface area contributed by atoms with Crippen LogP contribution < -0.4 is 5.32 Å². The maximum absolute atomic E-state index is 3.14. The molecule has 0 amide bonds. The smallest absolute Gasteiger partial charge is 0.00214 e. The van der Waals surface area contributed by atoms with Crippen LogP contribution in [0.5, 0.6) is 0 Å². The van der Waals surface area contributed by atoms with Gasteiger partial charge in [0.25, 0.3) is 0 Å². The average molecular weight is 204 g/mol. The second kappa shape index (κ2) is 23.1. The fourth-order valence-corrected chi connectivity index (χ4v) is 0.842. The van der Waals surface area contributed by atoms with Crippen molar-refractivity contribution in [2.75, 3.05) is 33.7 Å². The van der Waals surface area contributed by atoms with Crippen LogP contribution in [0.25, 0.3) is 0 Å². The molecule has 2 heteroatoms. The normalized spacial score (nSPS) is 8.57. The van der Waals surface area contributed by atoms with Crippen molar-refractivity contribution >= 4 is 0 Å². The molecule has 0 radical (unpaired) electrons. The van der Waals surface area contributed by atoms with Crippen LogP contribution in [0.4, 0.5) is 0 Å². The van der Waals surface area contributed by atoms with Gasteiger partial charge in [-0.3, -0.25) is 0 Å². The summed E-state index contributed by atoms with van der Waals surface area (Å²) in [5, 5.41) is 3.14. The lowest BCUT2D eigenvalue weighted by Gasteiger charge is -2.12. The molecule has 2 nitrogen and oxygen atoms in total. The van der Waals surface area contributed by atoms with E-state index in [9.17, 15) is 0 Å². The molecular weight excluding hydrogens is 172 g/mol. The van der Waals surface area contributed by atoms with Gasteiger partial charge in [0.2, 0.25) is 0 Å². The lowest BCUT2D eigenvalue weighted by Crippen LogP contribution is -2.19. The summed E-state index contributed by atoms with van der Waals surface area (Å²) in [5.74, 6) is 0. The maximum Gasteiger partial charge on any atom is -0.00214 e. The van der Waals surface area contributed by atoms with Crippen molar-refractivity contribution in [3.63, 3.8) is 0 Å². The molecule has 1 N–H and O–H groups in total. The van der Waals surface area contributed by atoms with Gasteiger partial charge in [-0.2, -0.15) is 0 Å². The Bertz CT molecular complexity index is 65.3. The molecule has 0 fully saturated rings. The van der Waals surface area contributed by atoms with E-state index in [-0.39, 0.29) is 0 Å². The Morgan fingerprint density at radius 1 is 1.00 bits per heavy atom. The summed E-state index contributed by atoms with van der Waals surface area (Å²) in [6.07, 6.45) is 2.60. The van der Waals surface area contributed by atoms with E-state index in [4.69, 9.17) is 0 Å². The van der Waals surface area contributed by atoms with Crippen molar-refractivity contribution in [3.8, 4) is 0 Å². The monoisotopic (exact) mass is 204 g/mol. The zero-order valence-corrected chi connectivity index (χ0v) is 11.5. The molecule has 14 heavy (non-hydrogen) atoms. The largest absolute Gasteiger partial charge is 0.320 e. The lowest BCUT2D eigenvalue weighted by atomic mass is 10.3. The SMILES string of the molecule is CC.CC.CCN(C)CCCCNC. The Kier molecular flexibility index (Phi) is 32.1. The van der Waals surface area contributed by atoms with E-state index in [2.05, 4.69) is 24.2 Å². The summed E-state index contributed by atoms with van der Waals surface area (Å²) in [6, 6.07) is 0. The van der Waals surface area contributed by atoms with E-state index >= 15 is 0 Å². The highest BCUT2D eigenvalue weighted by Gasteiger charge is 1.92. The number of hydrogen-bond donors (Lipinski definition) is 1. The van der Waals surface area contributed by atoms with E-state index in [0.717, 1.165) is 6.54 Å². The molecule has 0 bridgehead atoms. The molecule has 0 aromatic rings. The lowest BCUT2D eigenvalue weighted by molar-refractivity contribution is 0.343. The van der Waals surface area contributed by atoms with Crippen LogP contribution in [0.15, 0.2) is 0 Å². The number of nitrogens with one attached hydrogen (secondary N) is 1. The van der Waals surface area contributed by atoms with Crippen LogP contribution in [0, 0.1) is 0 Å². The molecular formula is C12H32N2. The third-order valence-electron chi connectivity index (χ3n) is 1.76. The first-order valence-electron chi connectivity index (χ1n) is 6.14. The second-order valence-corrected chi connectivity index (χ2v) is 2.71. The predicted molar refractivity (Wildman–Crippen MR) is 69.0 cm³/mol. The molecule has 0 aliphatic carbocycles. The first-order valence-corrected chi connectivity index (χ1v) is 6.14. The second-order valence-electron chi connectivity index (χ2n) is 2.71. The van der Waals surface area contributed by atoms with E-state index in [1.54, 1.807) is 0 Å². The van der Waals surface area contributed by atoms with Crippen LogP contribution in [0.1, 0.15) is 47.5 Å². The summed E-state index contributed by atoms with van der Waals surface area (Å²) >= 11 is 0. The molecule has 0 saturated carbocycles. The first-order chi connectivity index (χ1) is 6.81. The van der Waals surface area contributed by atoms with Gasteiger partial charge in [-0.15, -0.1) is 0 Å². The molecule has 0 aromatic carbocycles. The summed E-state index contributed by atoms with van der Waals surface area (Å²) in [6.45, 7) is 13.7. The van der Waals surface area contributed by atoms with Crippen LogP contribution in [0.2, 0.25) is 0 Å². The van der Waals surface area contributed by atoms with Crippen molar-refractivity contribution in [1.29, 1.82) is 0 Å². The van der Waals surface area contributed by atoms with Crippen molar-refractivity contribution in [1.82, 2.24) is 10.2 Å². The third kappa shape index (κ3) is 22.7. The summed E-state index contributed by atoms with van der Waals surface area (Å²) in [7, 11) is 4.17. The number of hydrogen-bond acceptors (Lipinski definition) is 2. The van der Waals surface area contributed by atoms with Crippen molar-refractivity contribution < 1.29 is 0 Å². The van der Waals surface area contributed by atoms with Gasteiger partial charge >= 0.3 is 0 Å². The molecule has 0 spiro atoms. The van der Waals surface area contributed by atoms with Crippen LogP contribution in [-0.4, -0.2) is 38.6 Å². The van der Waals surface area contributed by atoms with E-state index in [0.29, 0.717) is 0 Å². The first kappa shape index (κ1) is 19.5. The molecule has 0 rings (SSSR count). The number of nitrogens with zero attached hydrogens (tertiary/aromatic N) is 1. The molecule has 90 valence electrons. The van der Waals surface area contributed by atoms with E-state index in [1.807, 2.05) is 34.7 Å². The van der Waals surface area contributed by atoms with Gasteiger partial charge in [0, 0.05) is 0 Å². The topological polar surface area (TPSA) is 15.3 Å². The van der Waals surface area contributed by atoms with Gasteiger partial charge in [0.1, 0.15) is 0 Å². The highest BCUT2D eigenvalue weighted by Crippen LogP contribution is 1.90. The summed E-state index contributed by atoms with van der Waals surface area (Å²) in [4.78, 5) is 2.34. The summed E-state index contributed by atoms with van der Waals surface area (Å²) < 4.78 is 0. The van der Waals surface area contributed by atoms with Crippen molar-refractivity contribution in [3.05, 3.63) is 0 Å². The minimum atomic E-state index is 1.15. The van der Waals surface area contributed by atoms with Crippen LogP contribution in [0.3, 0.4) is 0 Å². The molecule has 0 heterocycles. The molecule has 0 unspecified atom stereocenters. The fraction of sp³-hybridized carbons (Fsp3) is 1.00. The Labute approximate surface area is 92.1 Å². The van der Waals surface area contributed by atoms with Gasteiger partial charge in [0.05, 0.1) is 0 Å².